The van der Waals surface area contributed by atoms with Crippen molar-refractivity contribution in [3.05, 3.63) is 53.3 Å². The van der Waals surface area contributed by atoms with E-state index in [4.69, 9.17) is 0 Å². The Morgan fingerprint density at radius 3 is 2.31 bits per heavy atom. The first-order chi connectivity index (χ1) is 6.29. The first-order valence-corrected chi connectivity index (χ1v) is 4.55. The second-order valence-electron chi connectivity index (χ2n) is 3.54. The predicted molar refractivity (Wildman–Crippen MR) is 52.6 cm³/mol. The average molecular weight is 175 g/mol. The second-order valence-corrected chi connectivity index (χ2v) is 3.54. The molecular formula is C11H13NO. The van der Waals surface area contributed by atoms with Crippen molar-refractivity contribution in [2.45, 2.75) is 6.54 Å². The third-order valence-electron chi connectivity index (χ3n) is 2.36. The van der Waals surface area contributed by atoms with Gasteiger partial charge in [-0.05, 0) is 12.2 Å². The van der Waals surface area contributed by atoms with E-state index in [9.17, 15) is 5.21 Å². The summed E-state index contributed by atoms with van der Waals surface area (Å²) in [6.45, 7) is 1.83. The maximum absolute atomic E-state index is 11.9. The van der Waals surface area contributed by atoms with Crippen LogP contribution in [-0.4, -0.2) is 17.7 Å². The predicted octanol–water partition coefficient (Wildman–Crippen LogP) is 2.07. The van der Waals surface area contributed by atoms with E-state index in [0.29, 0.717) is 19.6 Å². The van der Waals surface area contributed by atoms with Crippen LogP contribution in [-0.2, 0) is 6.54 Å². The van der Waals surface area contributed by atoms with Gasteiger partial charge in [0.25, 0.3) is 0 Å². The van der Waals surface area contributed by atoms with Crippen LogP contribution in [0.4, 0.5) is 0 Å². The quantitative estimate of drug-likeness (QED) is 0.383. The van der Waals surface area contributed by atoms with Gasteiger partial charge in [0.05, 0.1) is 13.1 Å². The van der Waals surface area contributed by atoms with Crippen LogP contribution >= 0.6 is 0 Å². The van der Waals surface area contributed by atoms with Gasteiger partial charge >= 0.3 is 0 Å². The number of hydrogen-bond donors (Lipinski definition) is 0. The molecule has 0 spiro atoms. The number of quaternary nitrogens is 1. The lowest BCUT2D eigenvalue weighted by atomic mass is 10.2. The number of nitrogens with zero attached hydrogens (tertiary/aromatic N) is 1. The lowest BCUT2D eigenvalue weighted by Crippen LogP contribution is -2.38. The number of rotatable bonds is 2. The molecule has 0 N–H and O–H groups in total. The molecule has 2 nitrogen and oxygen atoms in total. The Labute approximate surface area is 78.3 Å². The largest absolute Gasteiger partial charge is 0.632 e. The lowest BCUT2D eigenvalue weighted by Gasteiger charge is -2.38. The molecule has 0 amide bonds. The first kappa shape index (κ1) is 8.48. The van der Waals surface area contributed by atoms with Gasteiger partial charge in [0.2, 0.25) is 0 Å². The second kappa shape index (κ2) is 3.32. The summed E-state index contributed by atoms with van der Waals surface area (Å²) in [7, 11) is 0. The van der Waals surface area contributed by atoms with Crippen LogP contribution in [0.25, 0.3) is 0 Å². The summed E-state index contributed by atoms with van der Waals surface area (Å²) in [5.41, 5.74) is 1.13. The minimum Gasteiger partial charge on any atom is -0.632 e. The Balaban J connectivity index is 2.06. The van der Waals surface area contributed by atoms with E-state index in [-0.39, 0.29) is 4.65 Å². The monoisotopic (exact) mass is 175 g/mol. The highest BCUT2D eigenvalue weighted by atomic mass is 16.5. The van der Waals surface area contributed by atoms with Crippen molar-refractivity contribution in [1.82, 2.24) is 0 Å². The van der Waals surface area contributed by atoms with Gasteiger partial charge in [0.15, 0.2) is 0 Å². The van der Waals surface area contributed by atoms with Gasteiger partial charge in [-0.25, -0.2) is 0 Å². The molecule has 0 saturated carbocycles. The molecule has 13 heavy (non-hydrogen) atoms. The molecule has 68 valence electrons. The summed E-state index contributed by atoms with van der Waals surface area (Å²) in [5.74, 6) is 0. The summed E-state index contributed by atoms with van der Waals surface area (Å²) in [4.78, 5) is 0. The molecule has 2 rings (SSSR count). The fraction of sp³-hybridized carbons (Fsp3) is 0.273. The third kappa shape index (κ3) is 1.97. The zero-order valence-corrected chi connectivity index (χ0v) is 7.52. The van der Waals surface area contributed by atoms with Crippen LogP contribution in [0.5, 0.6) is 0 Å². The van der Waals surface area contributed by atoms with Crippen LogP contribution < -0.4 is 0 Å². The molecule has 0 atom stereocenters. The molecule has 2 heteroatoms. The molecule has 0 fully saturated rings. The van der Waals surface area contributed by atoms with Crippen molar-refractivity contribution in [2.75, 3.05) is 13.1 Å². The maximum Gasteiger partial charge on any atom is 0.105 e. The van der Waals surface area contributed by atoms with Crippen molar-refractivity contribution in [2.24, 2.45) is 0 Å². The van der Waals surface area contributed by atoms with Gasteiger partial charge in [-0.15, -0.1) is 0 Å². The van der Waals surface area contributed by atoms with E-state index < -0.39 is 0 Å². The zero-order valence-electron chi connectivity index (χ0n) is 7.52. The van der Waals surface area contributed by atoms with E-state index in [1.54, 1.807) is 0 Å². The minimum absolute atomic E-state index is 0.121. The Bertz CT molecular complexity index is 297. The molecule has 0 unspecified atom stereocenters. The molecule has 1 aromatic carbocycles. The van der Waals surface area contributed by atoms with Crippen LogP contribution in [0.15, 0.2) is 42.5 Å². The Morgan fingerprint density at radius 2 is 1.69 bits per heavy atom. The molecule has 0 aromatic heterocycles. The summed E-state index contributed by atoms with van der Waals surface area (Å²) in [6, 6.07) is 9.95. The van der Waals surface area contributed by atoms with E-state index in [2.05, 4.69) is 0 Å². The van der Waals surface area contributed by atoms with Crippen molar-refractivity contribution in [1.29, 1.82) is 0 Å². The number of hydroxylamine groups is 3. The minimum atomic E-state index is -0.121. The van der Waals surface area contributed by atoms with Gasteiger partial charge in [-0.2, -0.15) is 0 Å². The molecule has 0 radical (unpaired) electrons. The zero-order chi connectivity index (χ0) is 9.15. The van der Waals surface area contributed by atoms with Gasteiger partial charge < -0.3 is 9.85 Å². The van der Waals surface area contributed by atoms with Crippen molar-refractivity contribution >= 4 is 0 Å². The highest BCUT2D eigenvalue weighted by Crippen LogP contribution is 2.16. The normalized spacial score (nSPS) is 19.2. The molecule has 1 aromatic rings. The van der Waals surface area contributed by atoms with Gasteiger partial charge in [-0.3, -0.25) is 0 Å². The number of hydrogen-bond acceptors (Lipinski definition) is 1. The van der Waals surface area contributed by atoms with Crippen LogP contribution in [0, 0.1) is 5.21 Å². The van der Waals surface area contributed by atoms with Crippen LogP contribution in [0.1, 0.15) is 5.56 Å². The summed E-state index contributed by atoms with van der Waals surface area (Å²) >= 11 is 0. The van der Waals surface area contributed by atoms with Crippen molar-refractivity contribution in [3.8, 4) is 0 Å². The molecule has 1 aliphatic heterocycles. The third-order valence-corrected chi connectivity index (χ3v) is 2.36. The maximum atomic E-state index is 11.9. The smallest absolute Gasteiger partial charge is 0.105 e. The van der Waals surface area contributed by atoms with E-state index in [0.717, 1.165) is 5.56 Å². The van der Waals surface area contributed by atoms with E-state index >= 15 is 0 Å². The first-order valence-electron chi connectivity index (χ1n) is 4.55. The summed E-state index contributed by atoms with van der Waals surface area (Å²) in [5, 5.41) is 11.9. The summed E-state index contributed by atoms with van der Waals surface area (Å²) in [6.07, 6.45) is 3.94. The molecule has 0 saturated heterocycles. The SMILES string of the molecule is [O-][N+]1(Cc2ccccc2)CC=CC1. The number of benzene rings is 1. The van der Waals surface area contributed by atoms with Crippen molar-refractivity contribution < 1.29 is 4.65 Å². The molecule has 1 aliphatic rings. The van der Waals surface area contributed by atoms with Gasteiger partial charge in [0.1, 0.15) is 6.54 Å². The average Bonchev–Trinajstić information content (AvgIpc) is 2.54. The van der Waals surface area contributed by atoms with E-state index in [1.807, 2.05) is 42.5 Å². The highest BCUT2D eigenvalue weighted by Gasteiger charge is 2.17. The van der Waals surface area contributed by atoms with Crippen LogP contribution in [0.2, 0.25) is 0 Å². The summed E-state index contributed by atoms with van der Waals surface area (Å²) < 4.78 is -0.121. The fourth-order valence-corrected chi connectivity index (χ4v) is 1.65. The standard InChI is InChI=1S/C11H13NO/c13-12(8-4-5-9-12)10-11-6-2-1-3-7-11/h1-7H,8-10H2. The Morgan fingerprint density at radius 1 is 1.08 bits per heavy atom. The van der Waals surface area contributed by atoms with Gasteiger partial charge in [-0.1, -0.05) is 30.3 Å². The highest BCUT2D eigenvalue weighted by molar-refractivity contribution is 5.13. The molecule has 0 bridgehead atoms. The topological polar surface area (TPSA) is 23.1 Å². The van der Waals surface area contributed by atoms with Crippen molar-refractivity contribution in [3.63, 3.8) is 0 Å². The van der Waals surface area contributed by atoms with Crippen LogP contribution in [0.3, 0.4) is 0 Å². The Hall–Kier alpha value is -1.12. The van der Waals surface area contributed by atoms with Gasteiger partial charge in [0, 0.05) is 5.56 Å². The van der Waals surface area contributed by atoms with E-state index in [1.165, 1.54) is 0 Å². The molecule has 1 heterocycles. The Kier molecular flexibility index (Phi) is 2.17. The molecular weight excluding hydrogens is 162 g/mol. The molecule has 0 aliphatic carbocycles. The fourth-order valence-electron chi connectivity index (χ4n) is 1.65. The lowest BCUT2D eigenvalue weighted by molar-refractivity contribution is -0.877.